The summed E-state index contributed by atoms with van der Waals surface area (Å²) in [7, 11) is 0. The van der Waals surface area contributed by atoms with Crippen molar-refractivity contribution in [2.24, 2.45) is 0 Å². The van der Waals surface area contributed by atoms with E-state index in [-0.39, 0.29) is 23.7 Å². The topological polar surface area (TPSA) is 136 Å². The van der Waals surface area contributed by atoms with Gasteiger partial charge in [0.1, 0.15) is 11.3 Å². The lowest BCUT2D eigenvalue weighted by Gasteiger charge is -2.12. The molecule has 3 rings (SSSR count). The van der Waals surface area contributed by atoms with E-state index in [4.69, 9.17) is 4.52 Å². The fraction of sp³-hybridized carbons (Fsp3) is 0.222. The van der Waals surface area contributed by atoms with Crippen molar-refractivity contribution in [2.45, 2.75) is 13.8 Å². The van der Waals surface area contributed by atoms with Gasteiger partial charge in [0.05, 0.1) is 15.5 Å². The molecule has 1 fully saturated rings. The number of nitrogens with zero attached hydrogens (tertiary/aromatic N) is 3. The zero-order chi connectivity index (χ0) is 21.1. The van der Waals surface area contributed by atoms with E-state index in [0.717, 1.165) is 16.7 Å². The predicted molar refractivity (Wildman–Crippen MR) is 104 cm³/mol. The molecule has 1 aromatic heterocycles. The average molecular weight is 416 g/mol. The number of non-ortho nitro benzene ring substituents is 1. The van der Waals surface area contributed by atoms with Gasteiger partial charge in [0.2, 0.25) is 0 Å². The number of aryl methyl sites for hydroxylation is 2. The van der Waals surface area contributed by atoms with Gasteiger partial charge in [0.15, 0.2) is 0 Å². The molecule has 1 N–H and O–H groups in total. The molecule has 1 aliphatic rings. The first-order valence-electron chi connectivity index (χ1n) is 8.49. The molecule has 2 heterocycles. The van der Waals surface area contributed by atoms with Gasteiger partial charge in [-0.1, -0.05) is 5.16 Å². The second kappa shape index (κ2) is 8.27. The number of carbonyl (C=O) groups excluding carboxylic acids is 3. The highest BCUT2D eigenvalue weighted by molar-refractivity contribution is 8.18. The van der Waals surface area contributed by atoms with Crippen LogP contribution in [0.5, 0.6) is 0 Å². The molecule has 0 unspecified atom stereocenters. The van der Waals surface area contributed by atoms with Crippen LogP contribution < -0.4 is 5.32 Å². The smallest absolute Gasteiger partial charge is 0.293 e. The first kappa shape index (κ1) is 20.3. The summed E-state index contributed by atoms with van der Waals surface area (Å²) >= 11 is 0.776. The molecule has 150 valence electrons. The highest BCUT2D eigenvalue weighted by Crippen LogP contribution is 2.32. The molecule has 1 aromatic carbocycles. The average Bonchev–Trinajstić information content (AvgIpc) is 3.15. The van der Waals surface area contributed by atoms with Gasteiger partial charge in [0, 0.05) is 25.2 Å². The third kappa shape index (κ3) is 4.35. The van der Waals surface area contributed by atoms with E-state index in [9.17, 15) is 24.5 Å². The normalized spacial score (nSPS) is 15.2. The zero-order valence-corrected chi connectivity index (χ0v) is 16.3. The van der Waals surface area contributed by atoms with Crippen molar-refractivity contribution in [3.8, 4) is 0 Å². The van der Waals surface area contributed by atoms with Crippen LogP contribution in [0, 0.1) is 24.0 Å². The lowest BCUT2D eigenvalue weighted by atomic mass is 10.2. The van der Waals surface area contributed by atoms with Crippen LogP contribution in [0.3, 0.4) is 0 Å². The van der Waals surface area contributed by atoms with Crippen LogP contribution in [0.2, 0.25) is 0 Å². The van der Waals surface area contributed by atoms with Gasteiger partial charge in [-0.15, -0.1) is 0 Å². The van der Waals surface area contributed by atoms with Gasteiger partial charge in [-0.05, 0) is 49.4 Å². The van der Waals surface area contributed by atoms with Gasteiger partial charge in [0.25, 0.3) is 22.7 Å². The molecule has 11 heteroatoms. The van der Waals surface area contributed by atoms with E-state index in [0.29, 0.717) is 22.6 Å². The third-order valence-corrected chi connectivity index (χ3v) is 5.06. The molecule has 0 spiro atoms. The summed E-state index contributed by atoms with van der Waals surface area (Å²) in [4.78, 5) is 48.2. The maximum absolute atomic E-state index is 12.5. The maximum atomic E-state index is 12.5. The van der Waals surface area contributed by atoms with E-state index in [2.05, 4.69) is 10.5 Å². The summed E-state index contributed by atoms with van der Waals surface area (Å²) in [5.74, 6) is -0.489. The Kier molecular flexibility index (Phi) is 5.78. The van der Waals surface area contributed by atoms with Gasteiger partial charge >= 0.3 is 0 Å². The highest BCUT2D eigenvalue weighted by Gasteiger charge is 2.34. The molecule has 0 saturated carbocycles. The van der Waals surface area contributed by atoms with Crippen LogP contribution in [0.1, 0.15) is 27.4 Å². The fourth-order valence-electron chi connectivity index (χ4n) is 2.71. The van der Waals surface area contributed by atoms with Crippen molar-refractivity contribution in [1.82, 2.24) is 15.4 Å². The van der Waals surface area contributed by atoms with Gasteiger partial charge in [-0.2, -0.15) is 0 Å². The maximum Gasteiger partial charge on any atom is 0.293 e. The molecule has 0 aliphatic carbocycles. The molecule has 2 aromatic rings. The van der Waals surface area contributed by atoms with Crippen molar-refractivity contribution in [3.63, 3.8) is 0 Å². The van der Waals surface area contributed by atoms with Gasteiger partial charge in [-0.3, -0.25) is 29.4 Å². The number of rotatable bonds is 6. The van der Waals surface area contributed by atoms with E-state index in [1.54, 1.807) is 13.8 Å². The van der Waals surface area contributed by atoms with Crippen LogP contribution in [-0.2, 0) is 4.79 Å². The minimum absolute atomic E-state index is 0.0113. The molecule has 0 atom stereocenters. The lowest BCUT2D eigenvalue weighted by Crippen LogP contribution is -2.37. The number of amides is 3. The first-order valence-corrected chi connectivity index (χ1v) is 9.30. The number of thioether (sulfide) groups is 1. The number of carbonyl (C=O) groups is 3. The van der Waals surface area contributed by atoms with Crippen LogP contribution in [0.15, 0.2) is 33.7 Å². The predicted octanol–water partition coefficient (Wildman–Crippen LogP) is 2.67. The number of nitrogens with one attached hydrogen (secondary N) is 1. The Morgan fingerprint density at radius 2 is 2.00 bits per heavy atom. The van der Waals surface area contributed by atoms with E-state index < -0.39 is 22.0 Å². The summed E-state index contributed by atoms with van der Waals surface area (Å²) in [5, 5.41) is 16.6. The standard InChI is InChI=1S/C18H16N4O6S/c1-10-15(11(2)28-20-10)16(23)19-7-8-21-17(24)14(29-18(21)25)9-12-3-5-13(6-4-12)22(26)27/h3-6,9H,7-8H2,1-2H3,(H,19,23). The van der Waals surface area contributed by atoms with Crippen molar-refractivity contribution in [2.75, 3.05) is 13.1 Å². The summed E-state index contributed by atoms with van der Waals surface area (Å²) in [5.41, 5.74) is 1.28. The molecule has 3 amide bonds. The number of nitro benzene ring substituents is 1. The zero-order valence-electron chi connectivity index (χ0n) is 15.5. The minimum Gasteiger partial charge on any atom is -0.361 e. The summed E-state index contributed by atoms with van der Waals surface area (Å²) in [6.45, 7) is 3.35. The number of hydrogen-bond donors (Lipinski definition) is 1. The van der Waals surface area contributed by atoms with Crippen molar-refractivity contribution < 1.29 is 23.8 Å². The van der Waals surface area contributed by atoms with Crippen molar-refractivity contribution in [1.29, 1.82) is 0 Å². The SMILES string of the molecule is Cc1noc(C)c1C(=O)NCCN1C(=O)SC(=Cc2ccc([N+](=O)[O-])cc2)C1=O. The summed E-state index contributed by atoms with van der Waals surface area (Å²) in [6.07, 6.45) is 1.50. The molecule has 1 saturated heterocycles. The van der Waals surface area contributed by atoms with Gasteiger partial charge in [-0.25, -0.2) is 0 Å². The highest BCUT2D eigenvalue weighted by atomic mass is 32.2. The number of imide groups is 1. The third-order valence-electron chi connectivity index (χ3n) is 4.16. The number of benzene rings is 1. The summed E-state index contributed by atoms with van der Waals surface area (Å²) < 4.78 is 4.94. The Labute approximate surface area is 169 Å². The first-order chi connectivity index (χ1) is 13.8. The van der Waals surface area contributed by atoms with Crippen LogP contribution in [-0.4, -0.2) is 45.1 Å². The molecule has 29 heavy (non-hydrogen) atoms. The van der Waals surface area contributed by atoms with Crippen LogP contribution in [0.25, 0.3) is 6.08 Å². The van der Waals surface area contributed by atoms with E-state index in [1.807, 2.05) is 0 Å². The Morgan fingerprint density at radius 1 is 1.31 bits per heavy atom. The number of aromatic nitrogens is 1. The molecular weight excluding hydrogens is 400 g/mol. The van der Waals surface area contributed by atoms with E-state index in [1.165, 1.54) is 30.3 Å². The second-order valence-electron chi connectivity index (χ2n) is 6.14. The molecular formula is C18H16N4O6S. The molecule has 10 nitrogen and oxygen atoms in total. The number of hydrogen-bond acceptors (Lipinski definition) is 8. The molecule has 0 radical (unpaired) electrons. The lowest BCUT2D eigenvalue weighted by molar-refractivity contribution is -0.384. The van der Waals surface area contributed by atoms with E-state index >= 15 is 0 Å². The van der Waals surface area contributed by atoms with Crippen molar-refractivity contribution in [3.05, 3.63) is 61.9 Å². The number of nitro groups is 1. The molecule has 0 bridgehead atoms. The van der Waals surface area contributed by atoms with Crippen molar-refractivity contribution >= 4 is 40.6 Å². The largest absolute Gasteiger partial charge is 0.361 e. The second-order valence-corrected chi connectivity index (χ2v) is 7.13. The fourth-order valence-corrected chi connectivity index (χ4v) is 3.58. The Morgan fingerprint density at radius 3 is 2.59 bits per heavy atom. The molecule has 1 aliphatic heterocycles. The summed E-state index contributed by atoms with van der Waals surface area (Å²) in [6, 6.07) is 5.63. The Hall–Kier alpha value is -3.47. The van der Waals surface area contributed by atoms with Crippen LogP contribution in [0.4, 0.5) is 10.5 Å². The van der Waals surface area contributed by atoms with Gasteiger partial charge < -0.3 is 9.84 Å². The Balaban J connectivity index is 1.61. The van der Waals surface area contributed by atoms with Crippen LogP contribution >= 0.6 is 11.8 Å². The Bertz CT molecular complexity index is 1010. The quantitative estimate of drug-likeness (QED) is 0.431. The monoisotopic (exact) mass is 416 g/mol. The minimum atomic E-state index is -0.519.